The Bertz CT molecular complexity index is 287. The van der Waals surface area contributed by atoms with Crippen LogP contribution in [0.15, 0.2) is 0 Å². The second kappa shape index (κ2) is 4.47. The van der Waals surface area contributed by atoms with Gasteiger partial charge in [-0.3, -0.25) is 13.7 Å². The summed E-state index contributed by atoms with van der Waals surface area (Å²) in [6.45, 7) is 2.53. The third-order valence-electron chi connectivity index (χ3n) is 1.86. The van der Waals surface area contributed by atoms with E-state index >= 15 is 0 Å². The maximum atomic E-state index is 10.6. The zero-order valence-electron chi connectivity index (χ0n) is 7.50. The van der Waals surface area contributed by atoms with Crippen LogP contribution in [0.2, 0.25) is 0 Å². The van der Waals surface area contributed by atoms with Crippen LogP contribution >= 0.6 is 0 Å². The van der Waals surface area contributed by atoms with Gasteiger partial charge in [-0.05, 0) is 32.0 Å². The third kappa shape index (κ3) is 3.69. The first-order chi connectivity index (χ1) is 5.68. The van der Waals surface area contributed by atoms with Crippen LogP contribution in [0.1, 0.15) is 13.8 Å². The van der Waals surface area contributed by atoms with E-state index in [1.165, 1.54) is 20.9 Å². The molecule has 3 unspecified atom stereocenters. The molecule has 0 bridgehead atoms. The van der Waals surface area contributed by atoms with Gasteiger partial charge in [0.05, 0.1) is 5.37 Å². The van der Waals surface area contributed by atoms with Crippen molar-refractivity contribution < 1.29 is 21.7 Å². The molecule has 0 aliphatic heterocycles. The van der Waals surface area contributed by atoms with Gasteiger partial charge in [0, 0.05) is 0 Å². The molecular weight excluding hydrogens is 218 g/mol. The molecule has 0 saturated heterocycles. The summed E-state index contributed by atoms with van der Waals surface area (Å²) in [6.07, 6.45) is 0. The monoisotopic (exact) mass is 230 g/mol. The van der Waals surface area contributed by atoms with E-state index in [9.17, 15) is 17.2 Å². The summed E-state index contributed by atoms with van der Waals surface area (Å²) in [5.74, 6) is 0. The van der Waals surface area contributed by atoms with Crippen molar-refractivity contribution in [3.8, 4) is 0 Å². The van der Waals surface area contributed by atoms with Crippen LogP contribution in [0.4, 0.5) is 0 Å². The predicted octanol–water partition coefficient (Wildman–Crippen LogP) is -0.623. The zero-order valence-corrected chi connectivity index (χ0v) is 9.13. The molecule has 80 valence electrons. The molecule has 0 aromatic rings. The summed E-state index contributed by atoms with van der Waals surface area (Å²) in [4.78, 5) is 1.04. The number of hydrogen-bond donors (Lipinski definition) is 1. The highest BCUT2D eigenvalue weighted by Crippen LogP contribution is 2.09. The Hall–Kier alpha value is -0.0200. The van der Waals surface area contributed by atoms with Gasteiger partial charge in [-0.2, -0.15) is 8.42 Å². The fraction of sp³-hybridized carbons (Fsp3) is 1.00. The van der Waals surface area contributed by atoms with E-state index < -0.39 is 31.9 Å². The quantitative estimate of drug-likeness (QED) is 0.510. The van der Waals surface area contributed by atoms with E-state index in [2.05, 4.69) is 0 Å². The first kappa shape index (κ1) is 13.0. The molecule has 0 fully saturated rings. The van der Waals surface area contributed by atoms with Crippen molar-refractivity contribution in [3.05, 3.63) is 0 Å². The summed E-state index contributed by atoms with van der Waals surface area (Å²) in [5.41, 5.74) is 0. The third-order valence-corrected chi connectivity index (χ3v) is 3.94. The molecule has 13 heavy (non-hydrogen) atoms. The Balaban J connectivity index is 4.62. The minimum atomic E-state index is -4.23. The lowest BCUT2D eigenvalue weighted by atomic mass is 10.6. The van der Waals surface area contributed by atoms with Crippen LogP contribution in [-0.4, -0.2) is 44.4 Å². The van der Waals surface area contributed by atoms with E-state index in [0.717, 1.165) is 4.90 Å². The molecule has 6 nitrogen and oxygen atoms in total. The smallest absolute Gasteiger partial charge is 0.281 e. The minimum absolute atomic E-state index is 0.961. The molecule has 0 aromatic heterocycles. The summed E-state index contributed by atoms with van der Waals surface area (Å²) in [6, 6.07) is 0. The Morgan fingerprint density at radius 1 is 1.46 bits per heavy atom. The minimum Gasteiger partial charge on any atom is -0.771 e. The molecule has 0 aliphatic rings. The molecule has 0 aromatic carbocycles. The van der Waals surface area contributed by atoms with Crippen molar-refractivity contribution in [3.63, 3.8) is 0 Å². The standard InChI is InChI=1S/C5H13NO5S2/c1-4(12(7)8)6(3)5(2)13(9,10)11/h4-5H,1-3H3,(H,7,8)(H,9,10,11)/p-1. The molecular formula is C5H12NO5S2-. The highest BCUT2D eigenvalue weighted by atomic mass is 32.2. The Morgan fingerprint density at radius 2 is 1.85 bits per heavy atom. The van der Waals surface area contributed by atoms with Gasteiger partial charge in [-0.25, -0.2) is 0 Å². The van der Waals surface area contributed by atoms with Crippen molar-refractivity contribution in [2.24, 2.45) is 0 Å². The van der Waals surface area contributed by atoms with Crippen molar-refractivity contribution >= 4 is 21.2 Å². The van der Waals surface area contributed by atoms with Gasteiger partial charge in [0.25, 0.3) is 10.1 Å². The van der Waals surface area contributed by atoms with E-state index in [1.54, 1.807) is 0 Å². The van der Waals surface area contributed by atoms with E-state index in [1.807, 2.05) is 0 Å². The average Bonchev–Trinajstić information content (AvgIpc) is 1.98. The molecule has 3 atom stereocenters. The lowest BCUT2D eigenvalue weighted by Crippen LogP contribution is -2.43. The Morgan fingerprint density at radius 3 is 2.08 bits per heavy atom. The molecule has 8 heteroatoms. The molecule has 1 N–H and O–H groups in total. The highest BCUT2D eigenvalue weighted by molar-refractivity contribution is 7.86. The lowest BCUT2D eigenvalue weighted by molar-refractivity contribution is 0.279. The normalized spacial score (nSPS) is 19.8. The molecule has 0 saturated carbocycles. The van der Waals surface area contributed by atoms with E-state index in [0.29, 0.717) is 0 Å². The van der Waals surface area contributed by atoms with E-state index in [-0.39, 0.29) is 0 Å². The topological polar surface area (TPSA) is 97.7 Å². The van der Waals surface area contributed by atoms with Crippen molar-refractivity contribution in [1.29, 1.82) is 0 Å². The molecule has 0 radical (unpaired) electrons. The van der Waals surface area contributed by atoms with E-state index in [4.69, 9.17) is 4.55 Å². The SMILES string of the molecule is CC(N(C)C(C)S(=O)(=O)O)S(=O)[O-]. The summed E-state index contributed by atoms with van der Waals surface area (Å²) >= 11 is -2.40. The number of rotatable bonds is 4. The van der Waals surface area contributed by atoms with Gasteiger partial charge in [-0.15, -0.1) is 0 Å². The van der Waals surface area contributed by atoms with Gasteiger partial charge in [0.1, 0.15) is 5.37 Å². The summed E-state index contributed by atoms with van der Waals surface area (Å²) in [7, 11) is -2.92. The molecule has 0 rings (SSSR count). The van der Waals surface area contributed by atoms with Gasteiger partial charge >= 0.3 is 0 Å². The van der Waals surface area contributed by atoms with Crippen LogP contribution in [0.25, 0.3) is 0 Å². The van der Waals surface area contributed by atoms with Crippen molar-refractivity contribution in [2.45, 2.75) is 24.6 Å². The molecule has 0 amide bonds. The summed E-state index contributed by atoms with van der Waals surface area (Å²) in [5, 5.41) is -2.20. The maximum absolute atomic E-state index is 10.6. The molecule has 0 aliphatic carbocycles. The lowest BCUT2D eigenvalue weighted by Gasteiger charge is -2.29. The predicted molar refractivity (Wildman–Crippen MR) is 47.2 cm³/mol. The van der Waals surface area contributed by atoms with Crippen LogP contribution in [0, 0.1) is 0 Å². The van der Waals surface area contributed by atoms with Crippen molar-refractivity contribution in [1.82, 2.24) is 4.90 Å². The first-order valence-electron chi connectivity index (χ1n) is 3.44. The van der Waals surface area contributed by atoms with Gasteiger partial charge < -0.3 is 4.55 Å². The Labute approximate surface area is 80.0 Å². The Kier molecular flexibility index (Phi) is 4.46. The molecule has 0 spiro atoms. The fourth-order valence-corrected chi connectivity index (χ4v) is 1.78. The average molecular weight is 230 g/mol. The second-order valence-corrected chi connectivity index (χ2v) is 5.55. The largest absolute Gasteiger partial charge is 0.771 e. The first-order valence-corrected chi connectivity index (χ1v) is 6.08. The zero-order chi connectivity index (χ0) is 10.8. The number of hydrogen-bond acceptors (Lipinski definition) is 5. The van der Waals surface area contributed by atoms with Crippen LogP contribution < -0.4 is 0 Å². The van der Waals surface area contributed by atoms with Gasteiger partial charge in [-0.1, -0.05) is 0 Å². The molecule has 0 heterocycles. The van der Waals surface area contributed by atoms with Crippen LogP contribution in [0.5, 0.6) is 0 Å². The number of nitrogens with zero attached hydrogens (tertiary/aromatic N) is 1. The fourth-order valence-electron chi connectivity index (χ4n) is 0.642. The maximum Gasteiger partial charge on any atom is 0.281 e. The second-order valence-electron chi connectivity index (χ2n) is 2.64. The van der Waals surface area contributed by atoms with Gasteiger partial charge in [0.15, 0.2) is 0 Å². The highest BCUT2D eigenvalue weighted by Gasteiger charge is 2.25. The van der Waals surface area contributed by atoms with Crippen molar-refractivity contribution in [2.75, 3.05) is 7.05 Å². The summed E-state index contributed by atoms with van der Waals surface area (Å²) < 4.78 is 50.8. The van der Waals surface area contributed by atoms with Crippen LogP contribution in [0.3, 0.4) is 0 Å². The van der Waals surface area contributed by atoms with Gasteiger partial charge in [0.2, 0.25) is 0 Å². The van der Waals surface area contributed by atoms with Crippen LogP contribution in [-0.2, 0) is 21.2 Å².